The van der Waals surface area contributed by atoms with Crippen molar-refractivity contribution in [3.63, 3.8) is 0 Å². The number of nitrogens with zero attached hydrogens (tertiary/aromatic N) is 1. The van der Waals surface area contributed by atoms with Crippen LogP contribution in [0.3, 0.4) is 0 Å². The third-order valence-corrected chi connectivity index (χ3v) is 2.86. The number of rotatable bonds is 3. The second-order valence-corrected chi connectivity index (χ2v) is 4.17. The molecule has 1 aliphatic carbocycles. The van der Waals surface area contributed by atoms with Gasteiger partial charge in [0.05, 0.1) is 11.6 Å². The van der Waals surface area contributed by atoms with Gasteiger partial charge in [-0.2, -0.15) is 5.26 Å². The number of nitrogens with one attached hydrogen (secondary N) is 1. The first kappa shape index (κ1) is 10.0. The molecule has 3 heteroatoms. The van der Waals surface area contributed by atoms with Gasteiger partial charge in [0.2, 0.25) is 0 Å². The molecule has 0 bridgehead atoms. The van der Waals surface area contributed by atoms with Crippen LogP contribution in [-0.4, -0.2) is 12.6 Å². The minimum absolute atomic E-state index is 0.405. The molecule has 3 nitrogen and oxygen atoms in total. The molecule has 1 saturated carbocycles. The van der Waals surface area contributed by atoms with E-state index in [1.807, 2.05) is 24.3 Å². The smallest absolute Gasteiger partial charge is 0.0992 e. The lowest BCUT2D eigenvalue weighted by atomic mass is 9.81. The van der Waals surface area contributed by atoms with E-state index < -0.39 is 0 Å². The normalized spacial score (nSPS) is 24.0. The molecule has 1 aromatic rings. The Morgan fingerprint density at radius 2 is 2.27 bits per heavy atom. The highest BCUT2D eigenvalue weighted by atomic mass is 14.9. The van der Waals surface area contributed by atoms with Gasteiger partial charge in [-0.05, 0) is 37.0 Å². The zero-order valence-corrected chi connectivity index (χ0v) is 8.61. The Kier molecular flexibility index (Phi) is 2.89. The fourth-order valence-electron chi connectivity index (χ4n) is 1.91. The summed E-state index contributed by atoms with van der Waals surface area (Å²) in [7, 11) is 0. The summed E-state index contributed by atoms with van der Waals surface area (Å²) in [6.07, 6.45) is 2.23. The third-order valence-electron chi connectivity index (χ3n) is 2.86. The molecule has 1 aromatic carbocycles. The number of benzene rings is 1. The van der Waals surface area contributed by atoms with Crippen LogP contribution in [0.2, 0.25) is 0 Å². The predicted octanol–water partition coefficient (Wildman–Crippen LogP) is 1.71. The largest absolute Gasteiger partial charge is 0.385 e. The van der Waals surface area contributed by atoms with Crippen LogP contribution in [0, 0.1) is 17.2 Å². The van der Waals surface area contributed by atoms with E-state index in [-0.39, 0.29) is 0 Å². The van der Waals surface area contributed by atoms with Gasteiger partial charge in [-0.15, -0.1) is 0 Å². The average Bonchev–Trinajstić information content (AvgIpc) is 2.23. The van der Waals surface area contributed by atoms with Gasteiger partial charge in [-0.1, -0.05) is 6.07 Å². The van der Waals surface area contributed by atoms with Crippen molar-refractivity contribution in [2.75, 3.05) is 11.9 Å². The van der Waals surface area contributed by atoms with Gasteiger partial charge in [-0.25, -0.2) is 0 Å². The van der Waals surface area contributed by atoms with Gasteiger partial charge in [0.25, 0.3) is 0 Å². The van der Waals surface area contributed by atoms with E-state index in [1.165, 1.54) is 0 Å². The van der Waals surface area contributed by atoms with Crippen molar-refractivity contribution in [2.24, 2.45) is 11.7 Å². The van der Waals surface area contributed by atoms with Crippen LogP contribution in [0.15, 0.2) is 24.3 Å². The molecule has 1 fully saturated rings. The lowest BCUT2D eigenvalue weighted by Gasteiger charge is -2.32. The summed E-state index contributed by atoms with van der Waals surface area (Å²) in [6.45, 7) is 0.961. The summed E-state index contributed by atoms with van der Waals surface area (Å²) in [6, 6.07) is 10.1. The summed E-state index contributed by atoms with van der Waals surface area (Å²) in [5.74, 6) is 0.700. The molecule has 0 atom stereocenters. The molecule has 0 unspecified atom stereocenters. The van der Waals surface area contributed by atoms with Crippen LogP contribution in [0.5, 0.6) is 0 Å². The van der Waals surface area contributed by atoms with Gasteiger partial charge >= 0.3 is 0 Å². The summed E-state index contributed by atoms with van der Waals surface area (Å²) >= 11 is 0. The predicted molar refractivity (Wildman–Crippen MR) is 60.3 cm³/mol. The lowest BCUT2D eigenvalue weighted by Crippen LogP contribution is -2.39. The van der Waals surface area contributed by atoms with E-state index in [1.54, 1.807) is 0 Å². The van der Waals surface area contributed by atoms with E-state index in [2.05, 4.69) is 11.4 Å². The molecule has 0 aliphatic heterocycles. The molecule has 1 aliphatic rings. The number of anilines is 1. The van der Waals surface area contributed by atoms with Crippen molar-refractivity contribution >= 4 is 5.69 Å². The van der Waals surface area contributed by atoms with Crippen LogP contribution in [-0.2, 0) is 0 Å². The highest BCUT2D eigenvalue weighted by Gasteiger charge is 2.25. The van der Waals surface area contributed by atoms with E-state index in [4.69, 9.17) is 11.0 Å². The second kappa shape index (κ2) is 4.33. The maximum absolute atomic E-state index is 8.74. The molecule has 78 valence electrons. The minimum Gasteiger partial charge on any atom is -0.385 e. The molecule has 3 N–H and O–H groups in total. The first-order valence-corrected chi connectivity index (χ1v) is 5.27. The zero-order valence-electron chi connectivity index (χ0n) is 8.61. The lowest BCUT2D eigenvalue weighted by molar-refractivity contribution is 0.280. The van der Waals surface area contributed by atoms with Crippen LogP contribution in [0.4, 0.5) is 5.69 Å². The molecule has 15 heavy (non-hydrogen) atoms. The molecule has 0 heterocycles. The highest BCUT2D eigenvalue weighted by Crippen LogP contribution is 2.25. The Hall–Kier alpha value is -1.53. The van der Waals surface area contributed by atoms with Crippen molar-refractivity contribution in [3.8, 4) is 6.07 Å². The topological polar surface area (TPSA) is 61.8 Å². The number of nitriles is 1. The van der Waals surface area contributed by atoms with Gasteiger partial charge in [0.15, 0.2) is 0 Å². The second-order valence-electron chi connectivity index (χ2n) is 4.17. The standard InChI is InChI=1S/C12H15N3/c13-7-9-2-1-3-12(6-9)15-8-10-4-11(14)5-10/h1-3,6,10-11,15H,4-5,8,14H2. The van der Waals surface area contributed by atoms with Crippen molar-refractivity contribution in [2.45, 2.75) is 18.9 Å². The van der Waals surface area contributed by atoms with E-state index >= 15 is 0 Å². The Balaban J connectivity index is 1.86. The average molecular weight is 201 g/mol. The fourth-order valence-corrected chi connectivity index (χ4v) is 1.91. The number of hydrogen-bond donors (Lipinski definition) is 2. The summed E-state index contributed by atoms with van der Waals surface area (Å²) in [4.78, 5) is 0. The maximum Gasteiger partial charge on any atom is 0.0992 e. The molecule has 0 saturated heterocycles. The van der Waals surface area contributed by atoms with E-state index in [0.29, 0.717) is 17.5 Å². The van der Waals surface area contributed by atoms with Crippen molar-refractivity contribution in [3.05, 3.63) is 29.8 Å². The summed E-state index contributed by atoms with van der Waals surface area (Å²) < 4.78 is 0. The quantitative estimate of drug-likeness (QED) is 0.782. The molecule has 0 spiro atoms. The number of hydrogen-bond acceptors (Lipinski definition) is 3. The van der Waals surface area contributed by atoms with Gasteiger partial charge < -0.3 is 11.1 Å². The first-order chi connectivity index (χ1) is 7.28. The van der Waals surface area contributed by atoms with Crippen molar-refractivity contribution in [1.82, 2.24) is 0 Å². The van der Waals surface area contributed by atoms with Gasteiger partial charge in [0.1, 0.15) is 0 Å². The summed E-state index contributed by atoms with van der Waals surface area (Å²) in [5, 5.41) is 12.1. The van der Waals surface area contributed by atoms with Gasteiger partial charge in [0, 0.05) is 18.3 Å². The summed E-state index contributed by atoms with van der Waals surface area (Å²) in [5.41, 5.74) is 7.43. The Bertz CT molecular complexity index is 375. The molecular weight excluding hydrogens is 186 g/mol. The van der Waals surface area contributed by atoms with E-state index in [9.17, 15) is 0 Å². The minimum atomic E-state index is 0.405. The fraction of sp³-hybridized carbons (Fsp3) is 0.417. The van der Waals surface area contributed by atoms with Crippen LogP contribution in [0.25, 0.3) is 0 Å². The van der Waals surface area contributed by atoms with Crippen LogP contribution < -0.4 is 11.1 Å². The maximum atomic E-state index is 8.74. The molecule has 0 radical (unpaired) electrons. The molecule has 0 amide bonds. The molecular formula is C12H15N3. The Morgan fingerprint density at radius 3 is 2.93 bits per heavy atom. The van der Waals surface area contributed by atoms with Gasteiger partial charge in [-0.3, -0.25) is 0 Å². The third kappa shape index (κ3) is 2.48. The first-order valence-electron chi connectivity index (χ1n) is 5.27. The van der Waals surface area contributed by atoms with E-state index in [0.717, 1.165) is 25.1 Å². The van der Waals surface area contributed by atoms with Crippen molar-refractivity contribution in [1.29, 1.82) is 5.26 Å². The van der Waals surface area contributed by atoms with Crippen LogP contribution in [0.1, 0.15) is 18.4 Å². The molecule has 2 rings (SSSR count). The highest BCUT2D eigenvalue weighted by molar-refractivity contribution is 5.49. The zero-order chi connectivity index (χ0) is 10.7. The Morgan fingerprint density at radius 1 is 1.47 bits per heavy atom. The molecule has 0 aromatic heterocycles. The monoisotopic (exact) mass is 201 g/mol. The Labute approximate surface area is 89.9 Å². The van der Waals surface area contributed by atoms with Crippen LogP contribution >= 0.6 is 0 Å². The SMILES string of the molecule is N#Cc1cccc(NCC2CC(N)C2)c1. The number of nitrogens with two attached hydrogens (primary N) is 1. The van der Waals surface area contributed by atoms with Crippen molar-refractivity contribution < 1.29 is 0 Å².